The Kier molecular flexibility index (Phi) is 12.1. The van der Waals surface area contributed by atoms with E-state index in [1.54, 1.807) is 26.4 Å². The van der Waals surface area contributed by atoms with Crippen LogP contribution in [0, 0.1) is 5.82 Å². The topological polar surface area (TPSA) is 41.1 Å². The van der Waals surface area contributed by atoms with Crippen LogP contribution in [0.1, 0.15) is 61.8 Å². The molecule has 1 aromatic heterocycles. The molecule has 3 heterocycles. The maximum atomic E-state index is 14.2. The third-order valence-electron chi connectivity index (χ3n) is 10.3. The van der Waals surface area contributed by atoms with Gasteiger partial charge in [-0.1, -0.05) is 44.9 Å². The number of benzene rings is 3. The van der Waals surface area contributed by atoms with Crippen LogP contribution in [0.3, 0.4) is 0 Å². The van der Waals surface area contributed by atoms with Gasteiger partial charge in [-0.05, 0) is 115 Å². The molecule has 4 aromatic rings. The summed E-state index contributed by atoms with van der Waals surface area (Å²) < 4.78 is 25.5. The summed E-state index contributed by atoms with van der Waals surface area (Å²) in [7, 11) is 5.55. The largest absolute Gasteiger partial charge is 0.497 e. The number of rotatable bonds is 14. The zero-order valence-corrected chi connectivity index (χ0v) is 31.0. The van der Waals surface area contributed by atoms with Crippen molar-refractivity contribution in [2.75, 3.05) is 52.3 Å². The molecule has 0 spiro atoms. The zero-order valence-electron chi connectivity index (χ0n) is 31.0. The van der Waals surface area contributed by atoms with Crippen LogP contribution < -0.4 is 14.4 Å². The Hall–Kier alpha value is -4.62. The highest BCUT2D eigenvalue weighted by Gasteiger charge is 2.27. The Morgan fingerprint density at radius 2 is 1.67 bits per heavy atom. The number of aromatic nitrogens is 1. The number of ether oxygens (including phenoxy) is 2. The summed E-state index contributed by atoms with van der Waals surface area (Å²) in [4.78, 5) is 12.1. The van der Waals surface area contributed by atoms with E-state index in [1.165, 1.54) is 34.0 Å². The molecule has 3 aromatic carbocycles. The van der Waals surface area contributed by atoms with Crippen LogP contribution in [-0.4, -0.2) is 68.3 Å². The van der Waals surface area contributed by atoms with Crippen molar-refractivity contribution in [3.05, 3.63) is 125 Å². The summed E-state index contributed by atoms with van der Waals surface area (Å²) in [6, 6.07) is 24.6. The molecule has 0 amide bonds. The number of hydrogen-bond donors (Lipinski definition) is 0. The van der Waals surface area contributed by atoms with Gasteiger partial charge < -0.3 is 19.3 Å². The first kappa shape index (κ1) is 36.2. The van der Waals surface area contributed by atoms with Crippen LogP contribution in [-0.2, 0) is 19.4 Å². The molecule has 0 atom stereocenters. The van der Waals surface area contributed by atoms with Crippen molar-refractivity contribution in [3.8, 4) is 22.8 Å². The maximum Gasteiger partial charge on any atom is 0.123 e. The zero-order chi connectivity index (χ0) is 35.7. The summed E-state index contributed by atoms with van der Waals surface area (Å²) in [6.07, 6.45) is 12.9. The van der Waals surface area contributed by atoms with E-state index in [1.807, 2.05) is 24.4 Å². The van der Waals surface area contributed by atoms with Gasteiger partial charge in [0.25, 0.3) is 0 Å². The highest BCUT2D eigenvalue weighted by atomic mass is 19.1. The van der Waals surface area contributed by atoms with Gasteiger partial charge in [0.1, 0.15) is 17.3 Å². The van der Waals surface area contributed by atoms with Gasteiger partial charge in [-0.15, -0.1) is 0 Å². The second-order valence-electron chi connectivity index (χ2n) is 13.9. The van der Waals surface area contributed by atoms with Crippen molar-refractivity contribution >= 4 is 11.4 Å². The van der Waals surface area contributed by atoms with Crippen molar-refractivity contribution in [1.82, 2.24) is 14.8 Å². The van der Waals surface area contributed by atoms with Crippen LogP contribution >= 0.6 is 0 Å². The summed E-state index contributed by atoms with van der Waals surface area (Å²) in [6.45, 7) is 8.97. The van der Waals surface area contributed by atoms with E-state index in [0.717, 1.165) is 105 Å². The number of halogens is 1. The molecular weight excluding hydrogens is 636 g/mol. The first-order chi connectivity index (χ1) is 24.9. The molecule has 1 saturated heterocycles. The van der Waals surface area contributed by atoms with Gasteiger partial charge >= 0.3 is 0 Å². The summed E-state index contributed by atoms with van der Waals surface area (Å²) in [5.41, 5.74) is 10.5. The smallest absolute Gasteiger partial charge is 0.123 e. The van der Waals surface area contributed by atoms with Gasteiger partial charge in [-0.2, -0.15) is 0 Å². The van der Waals surface area contributed by atoms with Gasteiger partial charge in [0.2, 0.25) is 0 Å². The van der Waals surface area contributed by atoms with Gasteiger partial charge in [-0.25, -0.2) is 4.39 Å². The number of likely N-dealkylation sites (tertiary alicyclic amines) is 1. The standard InChI is InChI=1S/C44H53FN4O2/c1-6-9-34-27-36(29-44(51-5)41(34)10-7-2)42-25-32(17-21-46-42)30-48-23-19-39(20-24-48)49(38-13-15-40(50-4)16-14-38)31-33-18-22-47(3)43(26-33)35-11-8-12-37(45)28-35/h8,11-18,21,25-29,39H,6-7,9-10,19-20,22-24,30-31H2,1-5H3. The predicted octanol–water partition coefficient (Wildman–Crippen LogP) is 9.19. The van der Waals surface area contributed by atoms with E-state index in [9.17, 15) is 4.39 Å². The van der Waals surface area contributed by atoms with Crippen molar-refractivity contribution in [3.63, 3.8) is 0 Å². The molecule has 1 fully saturated rings. The quantitative estimate of drug-likeness (QED) is 0.132. The van der Waals surface area contributed by atoms with Crippen LogP contribution in [0.25, 0.3) is 17.0 Å². The number of likely N-dealkylation sites (N-methyl/N-ethyl adjacent to an activating group) is 1. The lowest BCUT2D eigenvalue weighted by atomic mass is 9.94. The van der Waals surface area contributed by atoms with E-state index in [4.69, 9.17) is 14.5 Å². The third kappa shape index (κ3) is 8.82. The monoisotopic (exact) mass is 688 g/mol. The lowest BCUT2D eigenvalue weighted by Crippen LogP contribution is -2.45. The van der Waals surface area contributed by atoms with Crippen LogP contribution in [0.15, 0.2) is 96.7 Å². The summed E-state index contributed by atoms with van der Waals surface area (Å²) >= 11 is 0. The highest BCUT2D eigenvalue weighted by molar-refractivity contribution is 5.69. The number of piperidine rings is 1. The maximum absolute atomic E-state index is 14.2. The molecule has 51 heavy (non-hydrogen) atoms. The van der Waals surface area contributed by atoms with Crippen molar-refractivity contribution in [1.29, 1.82) is 0 Å². The molecule has 0 unspecified atom stereocenters. The van der Waals surface area contributed by atoms with Gasteiger partial charge in [0.15, 0.2) is 0 Å². The average Bonchev–Trinajstić information content (AvgIpc) is 3.16. The van der Waals surface area contributed by atoms with Crippen LogP contribution in [0.2, 0.25) is 0 Å². The minimum Gasteiger partial charge on any atom is -0.497 e. The van der Waals surface area contributed by atoms with E-state index >= 15 is 0 Å². The molecule has 6 nitrogen and oxygen atoms in total. The van der Waals surface area contributed by atoms with Gasteiger partial charge in [0.05, 0.1) is 19.9 Å². The Bertz CT molecular complexity index is 1830. The second-order valence-corrected chi connectivity index (χ2v) is 13.9. The fourth-order valence-corrected chi connectivity index (χ4v) is 7.60. The Morgan fingerprint density at radius 1 is 0.882 bits per heavy atom. The minimum atomic E-state index is -0.213. The first-order valence-electron chi connectivity index (χ1n) is 18.5. The highest BCUT2D eigenvalue weighted by Crippen LogP contribution is 2.33. The number of hydrogen-bond acceptors (Lipinski definition) is 6. The lowest BCUT2D eigenvalue weighted by Gasteiger charge is -2.40. The number of anilines is 1. The first-order valence-corrected chi connectivity index (χ1v) is 18.5. The Morgan fingerprint density at radius 3 is 2.37 bits per heavy atom. The molecular formula is C44H53FN4O2. The SMILES string of the molecule is CCCc1cc(-c2cc(CN3CCC(N(CC4=CCN(C)C(c5cccc(F)c5)=C4)c4ccc(OC)cc4)CC3)ccn2)cc(OC)c1CCC. The van der Waals surface area contributed by atoms with Crippen molar-refractivity contribution in [2.45, 2.75) is 65.0 Å². The molecule has 2 aliphatic rings. The van der Waals surface area contributed by atoms with Gasteiger partial charge in [-0.3, -0.25) is 9.88 Å². The summed E-state index contributed by atoms with van der Waals surface area (Å²) in [5, 5.41) is 0. The molecule has 0 bridgehead atoms. The fourth-order valence-electron chi connectivity index (χ4n) is 7.60. The van der Waals surface area contributed by atoms with Gasteiger partial charge in [0, 0.05) is 74.5 Å². The Balaban J connectivity index is 1.17. The second kappa shape index (κ2) is 17.1. The average molecular weight is 689 g/mol. The molecule has 0 radical (unpaired) electrons. The molecule has 7 heteroatoms. The lowest BCUT2D eigenvalue weighted by molar-refractivity contribution is 0.202. The summed E-state index contributed by atoms with van der Waals surface area (Å²) in [5.74, 6) is 1.62. The minimum absolute atomic E-state index is 0.213. The number of aryl methyl sites for hydroxylation is 1. The van der Waals surface area contributed by atoms with E-state index in [-0.39, 0.29) is 5.82 Å². The number of methoxy groups -OCH3 is 2. The molecule has 0 N–H and O–H groups in total. The number of nitrogens with zero attached hydrogens (tertiary/aromatic N) is 4. The molecule has 0 saturated carbocycles. The van der Waals surface area contributed by atoms with Crippen molar-refractivity contribution < 1.29 is 13.9 Å². The molecule has 0 aliphatic carbocycles. The van der Waals surface area contributed by atoms with Crippen LogP contribution in [0.5, 0.6) is 11.5 Å². The van der Waals surface area contributed by atoms with E-state index in [0.29, 0.717) is 6.04 Å². The number of pyridine rings is 1. The Labute approximate surface area is 304 Å². The van der Waals surface area contributed by atoms with E-state index < -0.39 is 0 Å². The predicted molar refractivity (Wildman–Crippen MR) is 208 cm³/mol. The van der Waals surface area contributed by atoms with Crippen LogP contribution in [0.4, 0.5) is 10.1 Å². The third-order valence-corrected chi connectivity index (χ3v) is 10.3. The molecule has 6 rings (SSSR count). The molecule has 268 valence electrons. The normalized spacial score (nSPS) is 15.4. The van der Waals surface area contributed by atoms with E-state index in [2.05, 4.69) is 84.1 Å². The fraction of sp³-hybridized carbons (Fsp3) is 0.386. The van der Waals surface area contributed by atoms with Crippen molar-refractivity contribution in [2.24, 2.45) is 0 Å². The molecule has 2 aliphatic heterocycles.